The van der Waals surface area contributed by atoms with Crippen LogP contribution in [0.4, 0.5) is 8.78 Å². The molecule has 1 heterocycles. The Morgan fingerprint density at radius 1 is 1.05 bits per heavy atom. The summed E-state index contributed by atoms with van der Waals surface area (Å²) < 4.78 is 27.7. The molecule has 0 spiro atoms. The summed E-state index contributed by atoms with van der Waals surface area (Å²) in [6, 6.07) is 9.94. The fourth-order valence-corrected chi connectivity index (χ4v) is 4.84. The fourth-order valence-electron chi connectivity index (χ4n) is 4.84. The lowest BCUT2D eigenvalue weighted by Crippen LogP contribution is -2.58. The van der Waals surface area contributed by atoms with Crippen LogP contribution in [0.25, 0.3) is 0 Å². The molecule has 2 aromatic carbocycles. The Labute approximate surface area is 230 Å². The van der Waals surface area contributed by atoms with Crippen LogP contribution in [0, 0.1) is 11.6 Å². The molecule has 1 aliphatic heterocycles. The van der Waals surface area contributed by atoms with E-state index < -0.39 is 29.8 Å². The minimum Gasteiger partial charge on any atom is -0.390 e. The van der Waals surface area contributed by atoms with Crippen molar-refractivity contribution in [1.29, 1.82) is 0 Å². The highest BCUT2D eigenvalue weighted by Crippen LogP contribution is 2.14. The number of aliphatic hydroxyl groups is 1. The molecule has 9 heteroatoms. The highest BCUT2D eigenvalue weighted by atomic mass is 19.1. The summed E-state index contributed by atoms with van der Waals surface area (Å²) in [7, 11) is 0. The van der Waals surface area contributed by atoms with E-state index in [2.05, 4.69) is 36.6 Å². The van der Waals surface area contributed by atoms with Gasteiger partial charge in [-0.05, 0) is 55.0 Å². The third-order valence-electron chi connectivity index (χ3n) is 7.31. The van der Waals surface area contributed by atoms with Crippen molar-refractivity contribution in [3.8, 4) is 0 Å². The van der Waals surface area contributed by atoms with E-state index in [1.807, 2.05) is 21.9 Å². The van der Waals surface area contributed by atoms with Crippen LogP contribution in [0.5, 0.6) is 0 Å². The van der Waals surface area contributed by atoms with E-state index in [4.69, 9.17) is 0 Å². The monoisotopic (exact) mass is 544 g/mol. The third kappa shape index (κ3) is 9.37. The summed E-state index contributed by atoms with van der Waals surface area (Å²) in [6.07, 6.45) is 1.90. The summed E-state index contributed by atoms with van der Waals surface area (Å²) in [4.78, 5) is 29.5. The quantitative estimate of drug-likeness (QED) is 0.341. The second-order valence-corrected chi connectivity index (χ2v) is 10.3. The van der Waals surface area contributed by atoms with Crippen molar-refractivity contribution >= 4 is 11.8 Å². The van der Waals surface area contributed by atoms with Gasteiger partial charge in [0.15, 0.2) is 0 Å². The molecule has 1 aliphatic rings. The van der Waals surface area contributed by atoms with Crippen LogP contribution in [0.1, 0.15) is 50.3 Å². The topological polar surface area (TPSA) is 84.9 Å². The summed E-state index contributed by atoms with van der Waals surface area (Å²) in [5, 5.41) is 17.2. The molecule has 3 N–H and O–H groups in total. The van der Waals surface area contributed by atoms with Crippen molar-refractivity contribution in [1.82, 2.24) is 20.4 Å². The van der Waals surface area contributed by atoms with Gasteiger partial charge in [-0.15, -0.1) is 0 Å². The normalized spacial score (nSPS) is 16.7. The third-order valence-corrected chi connectivity index (χ3v) is 7.31. The first-order valence-electron chi connectivity index (χ1n) is 13.9. The van der Waals surface area contributed by atoms with Crippen LogP contribution in [0.3, 0.4) is 0 Å². The van der Waals surface area contributed by atoms with Crippen LogP contribution in [0.15, 0.2) is 42.5 Å². The second kappa shape index (κ2) is 15.1. The van der Waals surface area contributed by atoms with E-state index >= 15 is 0 Å². The Morgan fingerprint density at radius 3 is 2.44 bits per heavy atom. The van der Waals surface area contributed by atoms with E-state index in [9.17, 15) is 23.5 Å². The molecular weight excluding hydrogens is 502 g/mol. The van der Waals surface area contributed by atoms with E-state index in [0.717, 1.165) is 37.4 Å². The van der Waals surface area contributed by atoms with Gasteiger partial charge in [-0.25, -0.2) is 8.78 Å². The minimum absolute atomic E-state index is 0.00230. The van der Waals surface area contributed by atoms with E-state index in [1.165, 1.54) is 17.7 Å². The number of aliphatic hydroxyl groups excluding tert-OH is 1. The average molecular weight is 545 g/mol. The van der Waals surface area contributed by atoms with Crippen LogP contribution >= 0.6 is 0 Å². The number of carbonyl (C=O) groups is 2. The number of nitrogens with one attached hydrogen (secondary N) is 2. The molecule has 0 aliphatic carbocycles. The van der Waals surface area contributed by atoms with Gasteiger partial charge >= 0.3 is 0 Å². The van der Waals surface area contributed by atoms with Crippen LogP contribution in [-0.4, -0.2) is 77.6 Å². The molecule has 1 fully saturated rings. The van der Waals surface area contributed by atoms with Gasteiger partial charge in [-0.3, -0.25) is 14.5 Å². The van der Waals surface area contributed by atoms with Gasteiger partial charge in [0.1, 0.15) is 11.6 Å². The van der Waals surface area contributed by atoms with Crippen molar-refractivity contribution in [2.24, 2.45) is 0 Å². The molecule has 3 rings (SSSR count). The minimum atomic E-state index is -1.02. The number of piperazine rings is 1. The van der Waals surface area contributed by atoms with Gasteiger partial charge in [0.2, 0.25) is 11.8 Å². The molecule has 3 atom stereocenters. The second-order valence-electron chi connectivity index (χ2n) is 10.3. The molecule has 39 heavy (non-hydrogen) atoms. The lowest BCUT2D eigenvalue weighted by molar-refractivity contribution is -0.139. The summed E-state index contributed by atoms with van der Waals surface area (Å²) in [6.45, 7) is 8.60. The number of nitrogens with zero attached hydrogens (tertiary/aromatic N) is 2. The van der Waals surface area contributed by atoms with Crippen molar-refractivity contribution in [2.45, 2.75) is 71.2 Å². The van der Waals surface area contributed by atoms with E-state index in [0.29, 0.717) is 25.2 Å². The Balaban J connectivity index is 1.65. The predicted molar refractivity (Wildman–Crippen MR) is 148 cm³/mol. The van der Waals surface area contributed by atoms with Gasteiger partial charge in [0.05, 0.1) is 24.7 Å². The summed E-state index contributed by atoms with van der Waals surface area (Å²) in [5.41, 5.74) is 2.62. The molecule has 0 bridgehead atoms. The average Bonchev–Trinajstić information content (AvgIpc) is 2.91. The summed E-state index contributed by atoms with van der Waals surface area (Å²) in [5.74, 6) is -1.78. The summed E-state index contributed by atoms with van der Waals surface area (Å²) >= 11 is 0. The maximum Gasteiger partial charge on any atom is 0.237 e. The molecule has 214 valence electrons. The zero-order valence-corrected chi connectivity index (χ0v) is 23.3. The predicted octanol–water partition coefficient (Wildman–Crippen LogP) is 3.04. The molecule has 7 nitrogen and oxygen atoms in total. The van der Waals surface area contributed by atoms with Crippen LogP contribution in [0.2, 0.25) is 0 Å². The van der Waals surface area contributed by atoms with E-state index in [-0.39, 0.29) is 31.3 Å². The first-order valence-corrected chi connectivity index (χ1v) is 13.9. The van der Waals surface area contributed by atoms with E-state index in [1.54, 1.807) is 6.92 Å². The maximum atomic E-state index is 13.9. The van der Waals surface area contributed by atoms with Gasteiger partial charge in [0, 0.05) is 38.8 Å². The number of carbonyl (C=O) groups excluding carboxylic acids is 2. The number of aryl methyl sites for hydroxylation is 1. The Morgan fingerprint density at radius 2 is 1.77 bits per heavy atom. The zero-order chi connectivity index (χ0) is 28.4. The lowest BCUT2D eigenvalue weighted by Gasteiger charge is -2.37. The van der Waals surface area contributed by atoms with Crippen molar-refractivity contribution in [2.75, 3.05) is 32.7 Å². The van der Waals surface area contributed by atoms with Crippen molar-refractivity contribution < 1.29 is 23.5 Å². The lowest BCUT2D eigenvalue weighted by atomic mass is 10.00. The highest BCUT2D eigenvalue weighted by Gasteiger charge is 2.32. The zero-order valence-electron chi connectivity index (χ0n) is 23.3. The van der Waals surface area contributed by atoms with Gasteiger partial charge in [0.25, 0.3) is 0 Å². The first-order chi connectivity index (χ1) is 18.7. The largest absolute Gasteiger partial charge is 0.390 e. The Kier molecular flexibility index (Phi) is 11.8. The van der Waals surface area contributed by atoms with Gasteiger partial charge < -0.3 is 20.6 Å². The SMILES string of the molecule is CCCCN1CCN([C@@H](C)C(=O)N[C@@H](Cc2cc(F)cc(F)c2)[C@H](O)CNCc2cccc(CC)c2)CC1=O. The van der Waals surface area contributed by atoms with Crippen LogP contribution < -0.4 is 10.6 Å². The molecule has 0 radical (unpaired) electrons. The number of unbranched alkanes of at least 4 members (excludes halogenated alkanes) is 1. The first kappa shape index (κ1) is 30.7. The Hall–Kier alpha value is -2.88. The number of amides is 2. The van der Waals surface area contributed by atoms with Gasteiger partial charge in [-0.2, -0.15) is 0 Å². The number of hydrogen-bond donors (Lipinski definition) is 3. The molecule has 0 saturated carbocycles. The number of hydrogen-bond acceptors (Lipinski definition) is 5. The Bertz CT molecular complexity index is 1080. The van der Waals surface area contributed by atoms with Gasteiger partial charge in [-0.1, -0.05) is 44.5 Å². The van der Waals surface area contributed by atoms with Crippen molar-refractivity contribution in [3.05, 3.63) is 70.8 Å². The van der Waals surface area contributed by atoms with Crippen molar-refractivity contribution in [3.63, 3.8) is 0 Å². The maximum absolute atomic E-state index is 13.9. The molecular formula is C30H42F2N4O3. The fraction of sp³-hybridized carbons (Fsp3) is 0.533. The number of halogens is 2. The molecule has 2 aromatic rings. The van der Waals surface area contributed by atoms with Crippen LogP contribution in [-0.2, 0) is 29.0 Å². The highest BCUT2D eigenvalue weighted by molar-refractivity contribution is 5.84. The molecule has 0 unspecified atom stereocenters. The number of rotatable bonds is 14. The smallest absolute Gasteiger partial charge is 0.237 e. The number of benzene rings is 2. The standard InChI is InChI=1S/C30H42F2N4O3/c1-4-6-10-35-11-12-36(20-29(35)38)21(3)30(39)34-27(16-24-14-25(31)17-26(32)15-24)28(37)19-33-18-23-9-7-8-22(5-2)13-23/h7-9,13-15,17,21,27-28,33,37H,4-6,10-12,16,18-20H2,1-3H3,(H,34,39)/t21-,27-,28+/m0/s1. The molecule has 1 saturated heterocycles. The molecule has 0 aromatic heterocycles. The molecule has 2 amide bonds.